The van der Waals surface area contributed by atoms with Crippen molar-refractivity contribution in [2.75, 3.05) is 52.9 Å². The van der Waals surface area contributed by atoms with E-state index >= 15 is 0 Å². The van der Waals surface area contributed by atoms with Crippen molar-refractivity contribution in [2.45, 2.75) is 298 Å². The fraction of sp³-hybridized carbons (Fsp3) is 0.949. The number of amides is 3. The molecule has 9 fully saturated rings. The molecule has 0 radical (unpaired) electrons. The molecular weight excluding hydrogens is 1450 g/mol. The molecule has 0 bridgehead atoms. The van der Waals surface area contributed by atoms with Crippen molar-refractivity contribution in [2.24, 2.45) is 0 Å². The molecule has 44 atom stereocenters. The Balaban J connectivity index is 1.07. The molecule has 0 aromatic rings. The maximum absolute atomic E-state index is 13.3. The summed E-state index contributed by atoms with van der Waals surface area (Å²) >= 11 is 0. The van der Waals surface area contributed by atoms with Gasteiger partial charge in [0.2, 0.25) is 17.7 Å². The van der Waals surface area contributed by atoms with Crippen LogP contribution in [0.1, 0.15) is 27.7 Å². The lowest BCUT2D eigenvalue weighted by Crippen LogP contribution is -2.71. The number of rotatable bonds is 26. The minimum atomic E-state index is -2.44. The Kier molecular flexibility index (Phi) is 30.8. The number of aliphatic hydroxyl groups is 24. The molecule has 0 saturated carbocycles. The van der Waals surface area contributed by atoms with Gasteiger partial charge in [0.1, 0.15) is 207 Å². The van der Waals surface area contributed by atoms with Crippen LogP contribution >= 0.6 is 0 Å². The van der Waals surface area contributed by atoms with E-state index in [1.54, 1.807) is 0 Å². The van der Waals surface area contributed by atoms with E-state index in [1.807, 2.05) is 0 Å². The molecule has 0 aromatic carbocycles. The second-order valence-corrected chi connectivity index (χ2v) is 27.0. The van der Waals surface area contributed by atoms with E-state index in [9.17, 15) is 137 Å². The van der Waals surface area contributed by atoms with Gasteiger partial charge in [-0.1, -0.05) is 0 Å². The van der Waals surface area contributed by atoms with Gasteiger partial charge in [0.05, 0.1) is 59.0 Å². The average molecular weight is 1550 g/mol. The zero-order chi connectivity index (χ0) is 77.9. The third-order valence-electron chi connectivity index (χ3n) is 19.5. The standard InChI is InChI=1S/C59H99N3O44/c1-13-28(73)36(81)41(86)55(92-13)103-47-27(62-16(4)71)51(89)93-23(10-68)46(47)102-52-25(60-14(2)69)35(80)45(22(9-67)97-52)101-59-50(106-54-40(85)29(74)17(72)11-90-54)48(104-57-43(88)38(83)31(76)19(6-64)95-57)33(78)24(99-59)12-91-58-49(39(84)32(77)20(7-65)96-58)105-53-26(61-15(3)70)34(79)44(21(8-66)98-53)100-56-42(87)37(82)30(75)18(5-63)94-56/h13,17-59,63-68,72-89H,5-12H2,1-4H3,(H,60,69)(H,61,70)(H,62,71)/t13-,17-,18-,19-,20-,21-,22-,23-,24-,25-,26-,27-,28+,29+,30+,31-,32-,33-,34-,35-,36+,37+,38+,39+,40-,41-,42-,43+,44-,45-,46-,47-,48+,49+,50+,51-,52+,53+,54+,55-,56+,57-,58+,59+/m1/s1. The third kappa shape index (κ3) is 18.8. The van der Waals surface area contributed by atoms with Gasteiger partial charge in [-0.3, -0.25) is 14.4 Å². The summed E-state index contributed by atoms with van der Waals surface area (Å²) in [6, 6.07) is -5.63. The van der Waals surface area contributed by atoms with Crippen LogP contribution in [0.15, 0.2) is 0 Å². The highest BCUT2D eigenvalue weighted by atomic mass is 16.8. The third-order valence-corrected chi connectivity index (χ3v) is 19.5. The molecule has 27 N–H and O–H groups in total. The van der Waals surface area contributed by atoms with Crippen molar-refractivity contribution in [3.63, 3.8) is 0 Å². The molecule has 9 rings (SSSR count). The molecule has 9 saturated heterocycles. The summed E-state index contributed by atoms with van der Waals surface area (Å²) < 4.78 is 102. The second-order valence-electron chi connectivity index (χ2n) is 27.0. The Morgan fingerprint density at radius 3 is 1.14 bits per heavy atom. The number of hydrogen-bond acceptors (Lipinski definition) is 44. The summed E-state index contributed by atoms with van der Waals surface area (Å²) in [5, 5.41) is 272. The highest BCUT2D eigenvalue weighted by Crippen LogP contribution is 2.40. The van der Waals surface area contributed by atoms with Crippen molar-refractivity contribution in [1.29, 1.82) is 0 Å². The lowest BCUT2D eigenvalue weighted by Gasteiger charge is -2.52. The van der Waals surface area contributed by atoms with E-state index in [-0.39, 0.29) is 0 Å². The Labute approximate surface area is 600 Å². The number of carbonyl (C=O) groups is 3. The first-order chi connectivity index (χ1) is 50.1. The minimum absolute atomic E-state index is 0.799. The van der Waals surface area contributed by atoms with Crippen LogP contribution in [0, 0.1) is 0 Å². The molecule has 3 amide bonds. The van der Waals surface area contributed by atoms with Crippen LogP contribution in [-0.4, -0.2) is 463 Å². The molecule has 106 heavy (non-hydrogen) atoms. The molecule has 47 heteroatoms. The predicted molar refractivity (Wildman–Crippen MR) is 324 cm³/mol. The van der Waals surface area contributed by atoms with Gasteiger partial charge in [-0.25, -0.2) is 0 Å². The van der Waals surface area contributed by atoms with Gasteiger partial charge in [-0.2, -0.15) is 0 Å². The van der Waals surface area contributed by atoms with Crippen LogP contribution in [0.4, 0.5) is 0 Å². The van der Waals surface area contributed by atoms with Crippen LogP contribution in [0.25, 0.3) is 0 Å². The number of ether oxygens (including phenoxy) is 17. The van der Waals surface area contributed by atoms with Crippen molar-refractivity contribution in [1.82, 2.24) is 16.0 Å². The summed E-state index contributed by atoms with van der Waals surface area (Å²) in [6.07, 6.45) is -83.7. The lowest BCUT2D eigenvalue weighted by atomic mass is 9.93. The molecule has 9 aliphatic rings. The van der Waals surface area contributed by atoms with Gasteiger partial charge < -0.3 is 219 Å². The van der Waals surface area contributed by atoms with E-state index < -0.39 is 341 Å². The van der Waals surface area contributed by atoms with E-state index in [1.165, 1.54) is 6.92 Å². The fourth-order valence-corrected chi connectivity index (χ4v) is 13.7. The molecular formula is C59H99N3O44. The highest BCUT2D eigenvalue weighted by Gasteiger charge is 2.61. The monoisotopic (exact) mass is 1550 g/mol. The summed E-state index contributed by atoms with van der Waals surface area (Å²) in [7, 11) is 0. The van der Waals surface area contributed by atoms with Crippen molar-refractivity contribution >= 4 is 17.7 Å². The number of nitrogens with one attached hydrogen (secondary N) is 3. The number of aliphatic hydroxyl groups excluding tert-OH is 24. The van der Waals surface area contributed by atoms with Gasteiger partial charge in [0.25, 0.3) is 0 Å². The number of hydrogen-bond donors (Lipinski definition) is 27. The maximum Gasteiger partial charge on any atom is 0.217 e. The molecule has 0 aromatic heterocycles. The van der Waals surface area contributed by atoms with Gasteiger partial charge in [0, 0.05) is 20.8 Å². The minimum Gasteiger partial charge on any atom is -0.394 e. The molecule has 0 spiro atoms. The van der Waals surface area contributed by atoms with E-state index in [2.05, 4.69) is 16.0 Å². The van der Waals surface area contributed by atoms with Gasteiger partial charge in [0.15, 0.2) is 56.6 Å². The first-order valence-corrected chi connectivity index (χ1v) is 33.9. The smallest absolute Gasteiger partial charge is 0.217 e. The summed E-state index contributed by atoms with van der Waals surface area (Å²) in [5.74, 6) is -2.74. The van der Waals surface area contributed by atoms with Gasteiger partial charge >= 0.3 is 0 Å². The summed E-state index contributed by atoms with van der Waals surface area (Å²) in [6.45, 7) is -4.32. The van der Waals surface area contributed by atoms with Gasteiger partial charge in [-0.05, 0) is 6.92 Å². The fourth-order valence-electron chi connectivity index (χ4n) is 13.7. The topological polar surface area (TPSA) is 730 Å². The van der Waals surface area contributed by atoms with Crippen molar-refractivity contribution in [3.05, 3.63) is 0 Å². The molecule has 47 nitrogen and oxygen atoms in total. The zero-order valence-electron chi connectivity index (χ0n) is 57.0. The lowest BCUT2D eigenvalue weighted by molar-refractivity contribution is -0.406. The van der Waals surface area contributed by atoms with Crippen LogP contribution in [0.5, 0.6) is 0 Å². The summed E-state index contributed by atoms with van der Waals surface area (Å²) in [4.78, 5) is 38.8. The summed E-state index contributed by atoms with van der Waals surface area (Å²) in [5.41, 5.74) is 0. The Bertz CT molecular complexity index is 2770. The number of carbonyl (C=O) groups excluding carboxylic acids is 3. The molecule has 0 aliphatic carbocycles. The van der Waals surface area contributed by atoms with Crippen molar-refractivity contribution < 1.29 is 217 Å². The van der Waals surface area contributed by atoms with Gasteiger partial charge in [-0.15, -0.1) is 0 Å². The molecule has 614 valence electrons. The normalized spacial score (nSPS) is 50.4. The Hall–Kier alpha value is -3.23. The second kappa shape index (κ2) is 37.6. The molecule has 0 unspecified atom stereocenters. The van der Waals surface area contributed by atoms with Crippen LogP contribution < -0.4 is 16.0 Å². The van der Waals surface area contributed by atoms with E-state index in [0.717, 1.165) is 20.8 Å². The average Bonchev–Trinajstić information content (AvgIpc) is 0.763. The van der Waals surface area contributed by atoms with E-state index in [4.69, 9.17) is 80.5 Å². The Morgan fingerprint density at radius 1 is 0.302 bits per heavy atom. The quantitative estimate of drug-likeness (QED) is 0.0382. The van der Waals surface area contributed by atoms with Crippen LogP contribution in [0.3, 0.4) is 0 Å². The molecule has 9 heterocycles. The SMILES string of the molecule is CC(=O)N[C@@H]1[C@@H](O[C@H]2O[C@H](C)[C@H](O)[C@H](O)[C@H]2O)[C@H](O[C@@H]2O[C@H](CO)[C@@H](O[C@@H]3O[C@H](CO[C@H]4O[C@H](CO)[C@@H](O)[C@H](O)[C@@H]4O[C@@H]4O[C@H](CO)[C@@H](O[C@@H]5O[C@H](CO)[C@H](O)[C@H](O)[C@H]5O)[C@H](O)[C@H]4NC(C)=O)[C@@H](O)[C@H](O[C@H]4O[C@H](CO)[C@@H](O)[C@H](O)[C@@H]4O)[C@@H]3O[C@@H]3OC[C@@H](O)[C@H](O)[C@H]3O)[C@H](O)[C@H]2NC(C)=O)[C@@H](CO)O[C@H]1O. The Morgan fingerprint density at radius 2 is 0.660 bits per heavy atom. The predicted octanol–water partition coefficient (Wildman–Crippen LogP) is -18.5. The largest absolute Gasteiger partial charge is 0.394 e. The first-order valence-electron chi connectivity index (χ1n) is 33.9. The zero-order valence-corrected chi connectivity index (χ0v) is 57.0. The van der Waals surface area contributed by atoms with Crippen molar-refractivity contribution in [3.8, 4) is 0 Å². The first kappa shape index (κ1) is 86.7. The maximum atomic E-state index is 13.3. The highest BCUT2D eigenvalue weighted by molar-refractivity contribution is 5.74. The molecule has 9 aliphatic heterocycles. The van der Waals surface area contributed by atoms with Crippen LogP contribution in [-0.2, 0) is 94.9 Å². The van der Waals surface area contributed by atoms with Crippen LogP contribution in [0.2, 0.25) is 0 Å². The van der Waals surface area contributed by atoms with E-state index in [0.29, 0.717) is 0 Å².